The number of hydrogen-bond donors (Lipinski definition) is 1. The molecule has 6 nitrogen and oxygen atoms in total. The van der Waals surface area contributed by atoms with Crippen molar-refractivity contribution in [2.24, 2.45) is 5.92 Å². The Morgan fingerprint density at radius 3 is 2.58 bits per heavy atom. The van der Waals surface area contributed by atoms with E-state index in [4.69, 9.17) is 0 Å². The number of aryl methyl sites for hydroxylation is 1. The number of hydrogen-bond acceptors (Lipinski definition) is 4. The zero-order chi connectivity index (χ0) is 18.9. The van der Waals surface area contributed by atoms with Crippen LogP contribution in [-0.2, 0) is 16.0 Å². The molecule has 144 valence electrons. The number of carbonyl (C=O) groups is 2. The van der Waals surface area contributed by atoms with Crippen molar-refractivity contribution in [3.05, 3.63) is 30.1 Å². The van der Waals surface area contributed by atoms with E-state index in [0.29, 0.717) is 18.8 Å². The number of nitrogens with zero attached hydrogens (tertiary/aromatic N) is 3. The highest BCUT2D eigenvalue weighted by atomic mass is 16.2. The van der Waals surface area contributed by atoms with Crippen molar-refractivity contribution in [1.82, 2.24) is 20.1 Å². The Labute approximate surface area is 157 Å². The molecule has 0 bridgehead atoms. The fraction of sp³-hybridized carbons (Fsp3) is 0.650. The van der Waals surface area contributed by atoms with Crippen LogP contribution in [0.25, 0.3) is 0 Å². The maximum absolute atomic E-state index is 12.9. The van der Waals surface area contributed by atoms with E-state index in [1.165, 1.54) is 0 Å². The van der Waals surface area contributed by atoms with Gasteiger partial charge in [0.05, 0.1) is 0 Å². The maximum atomic E-state index is 12.9. The number of nitrogens with one attached hydrogen (secondary N) is 1. The number of likely N-dealkylation sites (N-methyl/N-ethyl adjacent to an activating group) is 1. The third-order valence-corrected chi connectivity index (χ3v) is 4.75. The number of amides is 2. The average molecular weight is 361 g/mol. The first-order chi connectivity index (χ1) is 12.5. The van der Waals surface area contributed by atoms with Crippen LogP contribution in [0, 0.1) is 5.92 Å². The summed E-state index contributed by atoms with van der Waals surface area (Å²) in [6, 6.07) is 3.51. The Morgan fingerprint density at radius 1 is 1.23 bits per heavy atom. The molecule has 0 radical (unpaired) electrons. The SMILES string of the molecule is CC(C)CC(NC(=O)CCCc1cccnc1)C(=O)N1CCN(C)CC1. The van der Waals surface area contributed by atoms with Gasteiger partial charge in [-0.25, -0.2) is 0 Å². The van der Waals surface area contributed by atoms with E-state index in [2.05, 4.69) is 36.1 Å². The maximum Gasteiger partial charge on any atom is 0.245 e. The van der Waals surface area contributed by atoms with Crippen molar-refractivity contribution in [3.63, 3.8) is 0 Å². The Kier molecular flexibility index (Phi) is 8.04. The van der Waals surface area contributed by atoms with Crippen LogP contribution < -0.4 is 5.32 Å². The van der Waals surface area contributed by atoms with Gasteiger partial charge in [0.15, 0.2) is 0 Å². The summed E-state index contributed by atoms with van der Waals surface area (Å²) >= 11 is 0. The van der Waals surface area contributed by atoms with Crippen molar-refractivity contribution in [2.45, 2.75) is 45.6 Å². The lowest BCUT2D eigenvalue weighted by molar-refractivity contribution is -0.138. The van der Waals surface area contributed by atoms with Gasteiger partial charge in [-0.2, -0.15) is 0 Å². The van der Waals surface area contributed by atoms with Crippen LogP contribution in [-0.4, -0.2) is 65.9 Å². The summed E-state index contributed by atoms with van der Waals surface area (Å²) in [5, 5.41) is 2.98. The number of rotatable bonds is 8. The summed E-state index contributed by atoms with van der Waals surface area (Å²) < 4.78 is 0. The van der Waals surface area contributed by atoms with E-state index < -0.39 is 6.04 Å². The van der Waals surface area contributed by atoms with Crippen LogP contribution in [0.5, 0.6) is 0 Å². The fourth-order valence-corrected chi connectivity index (χ4v) is 3.21. The molecular weight excluding hydrogens is 328 g/mol. The second-order valence-corrected chi connectivity index (χ2v) is 7.59. The predicted molar refractivity (Wildman–Crippen MR) is 103 cm³/mol. The van der Waals surface area contributed by atoms with Crippen LogP contribution in [0.1, 0.15) is 38.7 Å². The third kappa shape index (κ3) is 6.75. The number of piperazine rings is 1. The van der Waals surface area contributed by atoms with Gasteiger partial charge in [-0.15, -0.1) is 0 Å². The zero-order valence-corrected chi connectivity index (χ0v) is 16.3. The molecule has 2 heterocycles. The summed E-state index contributed by atoms with van der Waals surface area (Å²) in [5.41, 5.74) is 1.13. The first-order valence-electron chi connectivity index (χ1n) is 9.61. The highest BCUT2D eigenvalue weighted by Crippen LogP contribution is 2.11. The molecule has 1 N–H and O–H groups in total. The molecule has 1 aromatic rings. The summed E-state index contributed by atoms with van der Waals surface area (Å²) in [7, 11) is 2.07. The number of carbonyl (C=O) groups excluding carboxylic acids is 2. The molecule has 6 heteroatoms. The Bertz CT molecular complexity index is 568. The van der Waals surface area contributed by atoms with Gasteiger partial charge in [0, 0.05) is 45.0 Å². The van der Waals surface area contributed by atoms with Crippen molar-refractivity contribution in [1.29, 1.82) is 0 Å². The van der Waals surface area contributed by atoms with Crippen molar-refractivity contribution in [2.75, 3.05) is 33.2 Å². The normalized spacial score (nSPS) is 16.5. The first-order valence-corrected chi connectivity index (χ1v) is 9.61. The van der Waals surface area contributed by atoms with E-state index in [0.717, 1.165) is 44.6 Å². The summed E-state index contributed by atoms with van der Waals surface area (Å²) in [6.07, 6.45) is 6.27. The molecule has 1 aromatic heterocycles. The Balaban J connectivity index is 1.83. The van der Waals surface area contributed by atoms with Gasteiger partial charge >= 0.3 is 0 Å². The van der Waals surface area contributed by atoms with Crippen molar-refractivity contribution in [3.8, 4) is 0 Å². The van der Waals surface area contributed by atoms with Crippen molar-refractivity contribution < 1.29 is 9.59 Å². The summed E-state index contributed by atoms with van der Waals surface area (Å²) in [4.78, 5) is 33.4. The second kappa shape index (κ2) is 10.3. The van der Waals surface area contributed by atoms with E-state index in [1.807, 2.05) is 23.2 Å². The quantitative estimate of drug-likeness (QED) is 0.766. The molecule has 26 heavy (non-hydrogen) atoms. The smallest absolute Gasteiger partial charge is 0.245 e. The lowest BCUT2D eigenvalue weighted by Crippen LogP contribution is -2.54. The Morgan fingerprint density at radius 2 is 1.96 bits per heavy atom. The standard InChI is InChI=1S/C20H32N4O2/c1-16(2)14-18(20(26)24-12-10-23(3)11-13-24)22-19(25)8-4-6-17-7-5-9-21-15-17/h5,7,9,15-16,18H,4,6,8,10-14H2,1-3H3,(H,22,25). The van der Waals surface area contributed by atoms with Gasteiger partial charge in [-0.3, -0.25) is 14.6 Å². The van der Waals surface area contributed by atoms with Crippen LogP contribution >= 0.6 is 0 Å². The molecule has 1 unspecified atom stereocenters. The van der Waals surface area contributed by atoms with Crippen molar-refractivity contribution >= 4 is 11.8 Å². The average Bonchev–Trinajstić information content (AvgIpc) is 2.62. The molecule has 2 rings (SSSR count). The highest BCUT2D eigenvalue weighted by Gasteiger charge is 2.28. The van der Waals surface area contributed by atoms with Gasteiger partial charge in [-0.05, 0) is 43.9 Å². The molecule has 0 saturated carbocycles. The lowest BCUT2D eigenvalue weighted by Gasteiger charge is -2.35. The van der Waals surface area contributed by atoms with Crippen LogP contribution in [0.4, 0.5) is 0 Å². The lowest BCUT2D eigenvalue weighted by atomic mass is 10.0. The molecule has 2 amide bonds. The van der Waals surface area contributed by atoms with E-state index in [1.54, 1.807) is 6.20 Å². The molecule has 0 aliphatic carbocycles. The summed E-state index contributed by atoms with van der Waals surface area (Å²) in [6.45, 7) is 7.41. The highest BCUT2D eigenvalue weighted by molar-refractivity contribution is 5.87. The third-order valence-electron chi connectivity index (χ3n) is 4.75. The predicted octanol–water partition coefficient (Wildman–Crippen LogP) is 1.71. The van der Waals surface area contributed by atoms with Gasteiger partial charge in [-0.1, -0.05) is 19.9 Å². The van der Waals surface area contributed by atoms with E-state index >= 15 is 0 Å². The molecule has 1 aliphatic heterocycles. The van der Waals surface area contributed by atoms with Gasteiger partial charge < -0.3 is 15.1 Å². The fourth-order valence-electron chi connectivity index (χ4n) is 3.21. The van der Waals surface area contributed by atoms with Gasteiger partial charge in [0.25, 0.3) is 0 Å². The van der Waals surface area contributed by atoms with Crippen LogP contribution in [0.3, 0.4) is 0 Å². The first kappa shape index (κ1) is 20.4. The van der Waals surface area contributed by atoms with Gasteiger partial charge in [0.1, 0.15) is 6.04 Å². The zero-order valence-electron chi connectivity index (χ0n) is 16.3. The molecule has 0 spiro atoms. The molecule has 1 atom stereocenters. The summed E-state index contributed by atoms with van der Waals surface area (Å²) in [5.74, 6) is 0.376. The molecule has 1 aliphatic rings. The van der Waals surface area contributed by atoms with E-state index in [9.17, 15) is 9.59 Å². The minimum Gasteiger partial charge on any atom is -0.344 e. The number of aromatic nitrogens is 1. The molecule has 1 saturated heterocycles. The topological polar surface area (TPSA) is 65.5 Å². The minimum absolute atomic E-state index is 0.0398. The largest absolute Gasteiger partial charge is 0.344 e. The Hall–Kier alpha value is -1.95. The van der Waals surface area contributed by atoms with Gasteiger partial charge in [0.2, 0.25) is 11.8 Å². The monoisotopic (exact) mass is 360 g/mol. The van der Waals surface area contributed by atoms with Crippen LogP contribution in [0.2, 0.25) is 0 Å². The minimum atomic E-state index is -0.413. The molecule has 0 aromatic carbocycles. The van der Waals surface area contributed by atoms with Crippen LogP contribution in [0.15, 0.2) is 24.5 Å². The molecule has 1 fully saturated rings. The van der Waals surface area contributed by atoms with E-state index in [-0.39, 0.29) is 11.8 Å². The number of pyridine rings is 1. The second-order valence-electron chi connectivity index (χ2n) is 7.59. The molecular formula is C20H32N4O2.